The standard InChI is InChI=1S/C13H22N4/c1-10(2)8-15-13(17-14)16-9-12-6-4-5-11(3)7-12/h4-7,10H,8-9,14H2,1-3H3,(H2,15,16,17). The van der Waals surface area contributed by atoms with E-state index in [1.54, 1.807) is 0 Å². The van der Waals surface area contributed by atoms with Gasteiger partial charge in [-0.05, 0) is 18.4 Å². The van der Waals surface area contributed by atoms with Gasteiger partial charge in [0, 0.05) is 6.54 Å². The minimum atomic E-state index is 0.563. The fourth-order valence-electron chi connectivity index (χ4n) is 1.43. The number of hydrogen-bond donors (Lipinski definition) is 3. The van der Waals surface area contributed by atoms with Gasteiger partial charge in [0.15, 0.2) is 0 Å². The van der Waals surface area contributed by atoms with Crippen LogP contribution < -0.4 is 16.6 Å². The molecule has 0 amide bonds. The van der Waals surface area contributed by atoms with Gasteiger partial charge in [-0.2, -0.15) is 0 Å². The van der Waals surface area contributed by atoms with Crippen molar-refractivity contribution in [3.8, 4) is 0 Å². The molecule has 0 atom stereocenters. The van der Waals surface area contributed by atoms with E-state index in [9.17, 15) is 0 Å². The Labute approximate surface area is 103 Å². The van der Waals surface area contributed by atoms with Gasteiger partial charge in [0.2, 0.25) is 5.96 Å². The number of nitrogens with two attached hydrogens (primary N) is 1. The second-order valence-corrected chi connectivity index (χ2v) is 4.57. The van der Waals surface area contributed by atoms with Crippen LogP contribution >= 0.6 is 0 Å². The van der Waals surface area contributed by atoms with Gasteiger partial charge < -0.3 is 5.32 Å². The van der Waals surface area contributed by atoms with Crippen molar-refractivity contribution < 1.29 is 0 Å². The maximum Gasteiger partial charge on any atom is 0.206 e. The maximum atomic E-state index is 5.41. The molecule has 94 valence electrons. The van der Waals surface area contributed by atoms with Gasteiger partial charge in [0.05, 0.1) is 6.54 Å². The van der Waals surface area contributed by atoms with E-state index in [0.29, 0.717) is 18.4 Å². The Balaban J connectivity index is 2.55. The number of aryl methyl sites for hydroxylation is 1. The Morgan fingerprint density at radius 1 is 1.41 bits per heavy atom. The monoisotopic (exact) mass is 234 g/mol. The number of hydrogen-bond acceptors (Lipinski definition) is 2. The van der Waals surface area contributed by atoms with E-state index in [4.69, 9.17) is 5.84 Å². The molecule has 17 heavy (non-hydrogen) atoms. The van der Waals surface area contributed by atoms with Crippen molar-refractivity contribution in [1.82, 2.24) is 10.7 Å². The molecule has 4 heteroatoms. The van der Waals surface area contributed by atoms with E-state index in [0.717, 1.165) is 6.54 Å². The van der Waals surface area contributed by atoms with E-state index in [2.05, 4.69) is 54.7 Å². The van der Waals surface area contributed by atoms with Crippen molar-refractivity contribution in [3.63, 3.8) is 0 Å². The first-order valence-corrected chi connectivity index (χ1v) is 5.92. The Morgan fingerprint density at radius 3 is 2.76 bits per heavy atom. The summed E-state index contributed by atoms with van der Waals surface area (Å²) in [5, 5.41) is 3.17. The van der Waals surface area contributed by atoms with E-state index in [1.807, 2.05) is 6.07 Å². The third-order valence-electron chi connectivity index (χ3n) is 2.32. The first-order valence-electron chi connectivity index (χ1n) is 5.92. The molecular formula is C13H22N4. The van der Waals surface area contributed by atoms with Crippen molar-refractivity contribution in [2.24, 2.45) is 16.8 Å². The van der Waals surface area contributed by atoms with E-state index in [1.165, 1.54) is 11.1 Å². The molecule has 0 spiro atoms. The number of guanidine groups is 1. The normalized spacial score (nSPS) is 11.7. The minimum absolute atomic E-state index is 0.563. The lowest BCUT2D eigenvalue weighted by Gasteiger charge is -2.11. The lowest BCUT2D eigenvalue weighted by atomic mass is 10.1. The number of aliphatic imine (C=N–C) groups is 1. The van der Waals surface area contributed by atoms with Crippen molar-refractivity contribution in [1.29, 1.82) is 0 Å². The molecule has 0 unspecified atom stereocenters. The molecule has 1 aromatic carbocycles. The van der Waals surface area contributed by atoms with E-state index in [-0.39, 0.29) is 0 Å². The molecule has 0 aliphatic rings. The molecule has 4 N–H and O–H groups in total. The molecule has 0 heterocycles. The quantitative estimate of drug-likeness (QED) is 0.321. The van der Waals surface area contributed by atoms with Crippen LogP contribution in [-0.2, 0) is 6.54 Å². The van der Waals surface area contributed by atoms with Gasteiger partial charge in [-0.1, -0.05) is 43.7 Å². The van der Waals surface area contributed by atoms with Crippen LogP contribution in [0.4, 0.5) is 0 Å². The zero-order chi connectivity index (χ0) is 12.7. The Hall–Kier alpha value is -1.55. The smallest absolute Gasteiger partial charge is 0.206 e. The largest absolute Gasteiger partial charge is 0.355 e. The zero-order valence-corrected chi connectivity index (χ0v) is 10.8. The molecule has 0 aliphatic carbocycles. The first kappa shape index (κ1) is 13.5. The summed E-state index contributed by atoms with van der Waals surface area (Å²) in [7, 11) is 0. The van der Waals surface area contributed by atoms with Gasteiger partial charge in [-0.25, -0.2) is 10.8 Å². The lowest BCUT2D eigenvalue weighted by molar-refractivity contribution is 0.615. The molecule has 0 saturated heterocycles. The lowest BCUT2D eigenvalue weighted by Crippen LogP contribution is -2.42. The summed E-state index contributed by atoms with van der Waals surface area (Å²) < 4.78 is 0. The van der Waals surface area contributed by atoms with Crippen LogP contribution in [0.15, 0.2) is 29.3 Å². The highest BCUT2D eigenvalue weighted by atomic mass is 15.3. The van der Waals surface area contributed by atoms with E-state index < -0.39 is 0 Å². The van der Waals surface area contributed by atoms with Crippen molar-refractivity contribution >= 4 is 5.96 Å². The van der Waals surface area contributed by atoms with Crippen molar-refractivity contribution in [2.45, 2.75) is 27.3 Å². The Bertz CT molecular complexity index is 371. The molecule has 1 aromatic rings. The summed E-state index contributed by atoms with van der Waals surface area (Å²) in [6.07, 6.45) is 0. The highest BCUT2D eigenvalue weighted by Gasteiger charge is 1.98. The summed E-state index contributed by atoms with van der Waals surface area (Å²) in [5.41, 5.74) is 5.01. The number of hydrazine groups is 1. The summed E-state index contributed by atoms with van der Waals surface area (Å²) >= 11 is 0. The highest BCUT2D eigenvalue weighted by molar-refractivity contribution is 5.79. The number of benzene rings is 1. The molecule has 0 radical (unpaired) electrons. The average Bonchev–Trinajstić information content (AvgIpc) is 2.29. The molecule has 4 nitrogen and oxygen atoms in total. The molecule has 1 rings (SSSR count). The van der Waals surface area contributed by atoms with Crippen LogP contribution in [0.5, 0.6) is 0 Å². The van der Waals surface area contributed by atoms with Crippen LogP contribution in [0.1, 0.15) is 25.0 Å². The van der Waals surface area contributed by atoms with Crippen LogP contribution in [0.25, 0.3) is 0 Å². The topological polar surface area (TPSA) is 62.4 Å². The van der Waals surface area contributed by atoms with Crippen LogP contribution in [0.3, 0.4) is 0 Å². The Morgan fingerprint density at radius 2 is 2.18 bits per heavy atom. The average molecular weight is 234 g/mol. The second-order valence-electron chi connectivity index (χ2n) is 4.57. The molecule has 0 aliphatic heterocycles. The fourth-order valence-corrected chi connectivity index (χ4v) is 1.43. The van der Waals surface area contributed by atoms with Crippen molar-refractivity contribution in [3.05, 3.63) is 35.4 Å². The van der Waals surface area contributed by atoms with Crippen LogP contribution in [0, 0.1) is 12.8 Å². The van der Waals surface area contributed by atoms with Crippen LogP contribution in [-0.4, -0.2) is 12.5 Å². The summed E-state index contributed by atoms with van der Waals surface area (Å²) in [6, 6.07) is 8.30. The predicted molar refractivity (Wildman–Crippen MR) is 72.5 cm³/mol. The number of rotatable bonds is 4. The third kappa shape index (κ3) is 5.36. The molecule has 0 fully saturated rings. The van der Waals surface area contributed by atoms with Crippen LogP contribution in [0.2, 0.25) is 0 Å². The van der Waals surface area contributed by atoms with Gasteiger partial charge in [0.1, 0.15) is 0 Å². The Kier molecular flexibility index (Phi) is 5.49. The van der Waals surface area contributed by atoms with Crippen molar-refractivity contribution in [2.75, 3.05) is 6.54 Å². The molecule has 0 saturated carbocycles. The summed E-state index contributed by atoms with van der Waals surface area (Å²) in [6.45, 7) is 7.85. The third-order valence-corrected chi connectivity index (χ3v) is 2.32. The summed E-state index contributed by atoms with van der Waals surface area (Å²) in [5.74, 6) is 6.61. The second kappa shape index (κ2) is 6.91. The number of nitrogens with one attached hydrogen (secondary N) is 2. The van der Waals surface area contributed by atoms with Gasteiger partial charge in [-0.15, -0.1) is 0 Å². The molecule has 0 aromatic heterocycles. The molecule has 0 bridgehead atoms. The SMILES string of the molecule is Cc1cccc(CN=C(NN)NCC(C)C)c1. The minimum Gasteiger partial charge on any atom is -0.355 e. The highest BCUT2D eigenvalue weighted by Crippen LogP contribution is 2.04. The molecular weight excluding hydrogens is 212 g/mol. The summed E-state index contributed by atoms with van der Waals surface area (Å²) in [4.78, 5) is 4.39. The van der Waals surface area contributed by atoms with Gasteiger partial charge >= 0.3 is 0 Å². The van der Waals surface area contributed by atoms with Gasteiger partial charge in [0.25, 0.3) is 0 Å². The first-order chi connectivity index (χ1) is 8.11. The van der Waals surface area contributed by atoms with Gasteiger partial charge in [-0.3, -0.25) is 5.43 Å². The number of nitrogens with zero attached hydrogens (tertiary/aromatic N) is 1. The fraction of sp³-hybridized carbons (Fsp3) is 0.462. The zero-order valence-electron chi connectivity index (χ0n) is 10.8. The maximum absolute atomic E-state index is 5.41. The predicted octanol–water partition coefficient (Wildman–Crippen LogP) is 1.56. The van der Waals surface area contributed by atoms with E-state index >= 15 is 0 Å².